The summed E-state index contributed by atoms with van der Waals surface area (Å²) in [7, 11) is 6.86. The van der Waals surface area contributed by atoms with Crippen molar-refractivity contribution in [2.24, 2.45) is 0 Å². The number of benzene rings is 2. The highest BCUT2D eigenvalue weighted by molar-refractivity contribution is 6.46. The molecule has 0 radical (unpaired) electrons. The third-order valence-corrected chi connectivity index (χ3v) is 5.64. The quantitative estimate of drug-likeness (QED) is 0.369. The summed E-state index contributed by atoms with van der Waals surface area (Å²) < 4.78 is 10.6. The molecule has 2 aromatic rings. The minimum atomic E-state index is -0.745. The Hall–Kier alpha value is -3.03. The van der Waals surface area contributed by atoms with Gasteiger partial charge in [0.25, 0.3) is 11.7 Å². The number of methoxy groups -OCH3 is 2. The van der Waals surface area contributed by atoms with E-state index in [1.54, 1.807) is 42.5 Å². The SMILES string of the molecule is COc1ccc(OC)c(/C(O)=C2\C(=O)C(=O)N(CCCN(C)C)C2c2ccc(Cl)cc2)c1. The van der Waals surface area contributed by atoms with E-state index in [1.165, 1.54) is 19.1 Å². The molecular formula is C24H27ClN2O5. The summed E-state index contributed by atoms with van der Waals surface area (Å²) >= 11 is 6.05. The zero-order valence-corrected chi connectivity index (χ0v) is 19.3. The first-order chi connectivity index (χ1) is 15.3. The number of hydrogen-bond acceptors (Lipinski definition) is 6. The van der Waals surface area contributed by atoms with Crippen molar-refractivity contribution in [1.82, 2.24) is 9.80 Å². The molecule has 0 bridgehead atoms. The maximum atomic E-state index is 13.1. The summed E-state index contributed by atoms with van der Waals surface area (Å²) in [5.74, 6) is -0.856. The number of rotatable bonds is 8. The van der Waals surface area contributed by atoms with Gasteiger partial charge in [-0.15, -0.1) is 0 Å². The molecule has 1 fully saturated rings. The lowest BCUT2D eigenvalue weighted by molar-refractivity contribution is -0.139. The highest BCUT2D eigenvalue weighted by Crippen LogP contribution is 2.41. The molecule has 1 aliphatic rings. The largest absolute Gasteiger partial charge is 0.507 e. The Morgan fingerprint density at radius 1 is 1.09 bits per heavy atom. The molecule has 32 heavy (non-hydrogen) atoms. The van der Waals surface area contributed by atoms with Crippen molar-refractivity contribution < 1.29 is 24.2 Å². The van der Waals surface area contributed by atoms with Crippen LogP contribution in [0.3, 0.4) is 0 Å². The molecule has 1 saturated heterocycles. The Labute approximate surface area is 192 Å². The van der Waals surface area contributed by atoms with E-state index in [9.17, 15) is 14.7 Å². The van der Waals surface area contributed by atoms with Crippen LogP contribution >= 0.6 is 11.6 Å². The maximum absolute atomic E-state index is 13.1. The minimum Gasteiger partial charge on any atom is -0.507 e. The lowest BCUT2D eigenvalue weighted by Gasteiger charge is -2.26. The number of hydrogen-bond donors (Lipinski definition) is 1. The van der Waals surface area contributed by atoms with Crippen LogP contribution in [0.25, 0.3) is 5.76 Å². The van der Waals surface area contributed by atoms with Gasteiger partial charge in [0, 0.05) is 11.6 Å². The minimum absolute atomic E-state index is 0.00808. The van der Waals surface area contributed by atoms with Crippen molar-refractivity contribution in [1.29, 1.82) is 0 Å². The lowest BCUT2D eigenvalue weighted by Crippen LogP contribution is -2.32. The molecular weight excluding hydrogens is 432 g/mol. The Morgan fingerprint density at radius 2 is 1.78 bits per heavy atom. The van der Waals surface area contributed by atoms with Gasteiger partial charge in [-0.05, 0) is 63.0 Å². The predicted molar refractivity (Wildman–Crippen MR) is 123 cm³/mol. The van der Waals surface area contributed by atoms with E-state index in [4.69, 9.17) is 21.1 Å². The number of Topliss-reactive ketones (excluding diaryl/α,β-unsaturated/α-hetero) is 1. The topological polar surface area (TPSA) is 79.3 Å². The summed E-state index contributed by atoms with van der Waals surface area (Å²) in [5, 5.41) is 11.8. The Kier molecular flexibility index (Phi) is 7.43. The first kappa shape index (κ1) is 23.6. The van der Waals surface area contributed by atoms with Crippen LogP contribution in [-0.2, 0) is 9.59 Å². The Balaban J connectivity index is 2.16. The van der Waals surface area contributed by atoms with Crippen LogP contribution in [0.4, 0.5) is 0 Å². The Bertz CT molecular complexity index is 1030. The number of ether oxygens (including phenoxy) is 2. The number of carbonyl (C=O) groups is 2. The van der Waals surface area contributed by atoms with Crippen molar-refractivity contribution in [2.45, 2.75) is 12.5 Å². The molecule has 1 N–H and O–H groups in total. The van der Waals surface area contributed by atoms with E-state index < -0.39 is 17.7 Å². The number of nitrogens with zero attached hydrogens (tertiary/aromatic N) is 2. The zero-order valence-electron chi connectivity index (χ0n) is 18.6. The number of halogens is 1. The van der Waals surface area contributed by atoms with E-state index in [-0.39, 0.29) is 16.9 Å². The summed E-state index contributed by atoms with van der Waals surface area (Å²) in [6.07, 6.45) is 0.673. The van der Waals surface area contributed by atoms with Crippen LogP contribution in [0.1, 0.15) is 23.6 Å². The van der Waals surface area contributed by atoms with Gasteiger partial charge in [0.2, 0.25) is 0 Å². The average molecular weight is 459 g/mol. The fourth-order valence-corrected chi connectivity index (χ4v) is 3.93. The third kappa shape index (κ3) is 4.74. The Morgan fingerprint density at radius 3 is 2.38 bits per heavy atom. The molecule has 0 saturated carbocycles. The van der Waals surface area contributed by atoms with Crippen molar-refractivity contribution in [3.63, 3.8) is 0 Å². The van der Waals surface area contributed by atoms with Crippen LogP contribution in [0.5, 0.6) is 11.5 Å². The average Bonchev–Trinajstić information content (AvgIpc) is 3.03. The molecule has 8 heteroatoms. The molecule has 1 aliphatic heterocycles. The molecule has 1 heterocycles. The molecule has 1 unspecified atom stereocenters. The van der Waals surface area contributed by atoms with Crippen LogP contribution in [0.15, 0.2) is 48.0 Å². The summed E-state index contributed by atoms with van der Waals surface area (Å²) in [5.41, 5.74) is 0.965. The van der Waals surface area contributed by atoms with Gasteiger partial charge in [-0.1, -0.05) is 23.7 Å². The van der Waals surface area contributed by atoms with Gasteiger partial charge in [-0.2, -0.15) is 0 Å². The highest BCUT2D eigenvalue weighted by Gasteiger charge is 2.46. The molecule has 1 atom stereocenters. The number of likely N-dealkylation sites (tertiary alicyclic amines) is 1. The van der Waals surface area contributed by atoms with Crippen LogP contribution in [0, 0.1) is 0 Å². The monoisotopic (exact) mass is 458 g/mol. The molecule has 170 valence electrons. The molecule has 0 aliphatic carbocycles. The van der Waals surface area contributed by atoms with Gasteiger partial charge in [0.1, 0.15) is 17.3 Å². The van der Waals surface area contributed by atoms with Gasteiger partial charge in [-0.25, -0.2) is 0 Å². The second-order valence-electron chi connectivity index (χ2n) is 7.77. The van der Waals surface area contributed by atoms with Crippen molar-refractivity contribution in [3.05, 3.63) is 64.2 Å². The van der Waals surface area contributed by atoms with Gasteiger partial charge in [-0.3, -0.25) is 9.59 Å². The van der Waals surface area contributed by atoms with E-state index in [0.717, 1.165) is 6.54 Å². The number of carbonyl (C=O) groups excluding carboxylic acids is 2. The summed E-state index contributed by atoms with van der Waals surface area (Å²) in [6, 6.07) is 11.1. The van der Waals surface area contributed by atoms with E-state index in [0.29, 0.717) is 35.1 Å². The molecule has 3 rings (SSSR count). The predicted octanol–water partition coefficient (Wildman–Crippen LogP) is 3.73. The molecule has 0 aromatic heterocycles. The third-order valence-electron chi connectivity index (χ3n) is 5.39. The van der Waals surface area contributed by atoms with Gasteiger partial charge >= 0.3 is 0 Å². The molecule has 2 aromatic carbocycles. The lowest BCUT2D eigenvalue weighted by atomic mass is 9.95. The molecule has 7 nitrogen and oxygen atoms in total. The van der Waals surface area contributed by atoms with E-state index in [2.05, 4.69) is 0 Å². The normalized spacial score (nSPS) is 17.8. The summed E-state index contributed by atoms with van der Waals surface area (Å²) in [4.78, 5) is 29.6. The number of aliphatic hydroxyl groups excluding tert-OH is 1. The van der Waals surface area contributed by atoms with Gasteiger partial charge < -0.3 is 24.4 Å². The van der Waals surface area contributed by atoms with Crippen LogP contribution in [0.2, 0.25) is 5.02 Å². The second kappa shape index (κ2) is 10.1. The van der Waals surface area contributed by atoms with Gasteiger partial charge in [0.15, 0.2) is 0 Å². The number of aliphatic hydroxyl groups is 1. The zero-order chi connectivity index (χ0) is 23.4. The maximum Gasteiger partial charge on any atom is 0.295 e. The molecule has 0 spiro atoms. The van der Waals surface area contributed by atoms with E-state index >= 15 is 0 Å². The standard InChI is InChI=1S/C24H27ClN2O5/c1-26(2)12-5-13-27-21(15-6-8-16(25)9-7-15)20(23(29)24(27)30)22(28)18-14-17(31-3)10-11-19(18)32-4/h6-11,14,21,28H,5,12-13H2,1-4H3/b22-20+. The van der Waals surface area contributed by atoms with Crippen LogP contribution < -0.4 is 9.47 Å². The second-order valence-corrected chi connectivity index (χ2v) is 8.20. The van der Waals surface area contributed by atoms with Crippen molar-refractivity contribution in [2.75, 3.05) is 41.4 Å². The smallest absolute Gasteiger partial charge is 0.295 e. The number of ketones is 1. The highest BCUT2D eigenvalue weighted by atomic mass is 35.5. The summed E-state index contributed by atoms with van der Waals surface area (Å²) in [6.45, 7) is 1.11. The van der Waals surface area contributed by atoms with Crippen molar-refractivity contribution >= 4 is 29.1 Å². The van der Waals surface area contributed by atoms with Crippen molar-refractivity contribution in [3.8, 4) is 11.5 Å². The van der Waals surface area contributed by atoms with Crippen LogP contribution in [-0.4, -0.2) is 68.0 Å². The first-order valence-corrected chi connectivity index (χ1v) is 10.6. The first-order valence-electron chi connectivity index (χ1n) is 10.2. The fraction of sp³-hybridized carbons (Fsp3) is 0.333. The fourth-order valence-electron chi connectivity index (χ4n) is 3.80. The number of amides is 1. The molecule has 1 amide bonds. The van der Waals surface area contributed by atoms with Gasteiger partial charge in [0.05, 0.1) is 31.4 Å². The van der Waals surface area contributed by atoms with E-state index in [1.807, 2.05) is 19.0 Å².